The predicted octanol–water partition coefficient (Wildman–Crippen LogP) is 0.701. The molecule has 2 heterocycles. The summed E-state index contributed by atoms with van der Waals surface area (Å²) >= 11 is 0. The summed E-state index contributed by atoms with van der Waals surface area (Å²) in [6.45, 7) is 0.500. The Hall–Kier alpha value is -2.31. The highest BCUT2D eigenvalue weighted by Gasteiger charge is 2.03. The molecule has 4 N–H and O–H groups in total. The first-order valence-corrected chi connectivity index (χ1v) is 4.73. The molecule has 16 heavy (non-hydrogen) atoms. The normalized spacial score (nSPS) is 10.1. The number of hydrogen-bond donors (Lipinski definition) is 3. The van der Waals surface area contributed by atoms with Gasteiger partial charge in [-0.25, -0.2) is 0 Å². The zero-order chi connectivity index (χ0) is 11.4. The molecule has 2 aromatic heterocycles. The van der Waals surface area contributed by atoms with Crippen molar-refractivity contribution in [3.8, 4) is 0 Å². The summed E-state index contributed by atoms with van der Waals surface area (Å²) in [6, 6.07) is 3.67. The highest BCUT2D eigenvalue weighted by molar-refractivity contribution is 5.39. The molecule has 0 bridgehead atoms. The number of anilines is 3. The first-order chi connectivity index (χ1) is 7.78. The number of nitrogens with two attached hydrogens (primary N) is 1. The van der Waals surface area contributed by atoms with Gasteiger partial charge in [-0.1, -0.05) is 0 Å². The summed E-state index contributed by atoms with van der Waals surface area (Å²) in [7, 11) is 1.71. The van der Waals surface area contributed by atoms with Crippen LogP contribution < -0.4 is 16.4 Å². The van der Waals surface area contributed by atoms with Crippen molar-refractivity contribution in [3.63, 3.8) is 0 Å². The van der Waals surface area contributed by atoms with Crippen LogP contribution in [0.5, 0.6) is 0 Å². The van der Waals surface area contributed by atoms with E-state index in [0.29, 0.717) is 18.4 Å². The van der Waals surface area contributed by atoms with E-state index in [1.165, 1.54) is 0 Å². The first kappa shape index (κ1) is 10.2. The summed E-state index contributed by atoms with van der Waals surface area (Å²) in [5.41, 5.74) is 5.52. The van der Waals surface area contributed by atoms with Crippen LogP contribution >= 0.6 is 0 Å². The van der Waals surface area contributed by atoms with Crippen molar-refractivity contribution in [1.29, 1.82) is 0 Å². The Kier molecular flexibility index (Phi) is 2.86. The van der Waals surface area contributed by atoms with E-state index in [0.717, 1.165) is 5.76 Å². The molecule has 0 aliphatic carbocycles. The van der Waals surface area contributed by atoms with Crippen molar-refractivity contribution in [1.82, 2.24) is 15.0 Å². The summed E-state index contributed by atoms with van der Waals surface area (Å²) in [5, 5.41) is 5.78. The van der Waals surface area contributed by atoms with Gasteiger partial charge < -0.3 is 20.8 Å². The third kappa shape index (κ3) is 2.38. The number of furan rings is 1. The summed E-state index contributed by atoms with van der Waals surface area (Å²) in [5.74, 6) is 1.80. The van der Waals surface area contributed by atoms with Crippen molar-refractivity contribution in [2.45, 2.75) is 6.54 Å². The van der Waals surface area contributed by atoms with Crippen LogP contribution in [0.4, 0.5) is 17.8 Å². The SMILES string of the molecule is CNc1nc(N)nc(NCc2ccco2)n1. The number of aromatic nitrogens is 3. The van der Waals surface area contributed by atoms with E-state index in [-0.39, 0.29) is 5.95 Å². The first-order valence-electron chi connectivity index (χ1n) is 4.73. The maximum atomic E-state index is 5.52. The van der Waals surface area contributed by atoms with Crippen LogP contribution in [0.3, 0.4) is 0 Å². The van der Waals surface area contributed by atoms with Crippen LogP contribution in [0.15, 0.2) is 22.8 Å². The van der Waals surface area contributed by atoms with Gasteiger partial charge in [-0.3, -0.25) is 0 Å². The zero-order valence-corrected chi connectivity index (χ0v) is 8.77. The Morgan fingerprint density at radius 3 is 2.81 bits per heavy atom. The van der Waals surface area contributed by atoms with Gasteiger partial charge in [0.2, 0.25) is 17.8 Å². The fraction of sp³-hybridized carbons (Fsp3) is 0.222. The van der Waals surface area contributed by atoms with Gasteiger partial charge in [0.05, 0.1) is 12.8 Å². The number of rotatable bonds is 4. The van der Waals surface area contributed by atoms with Crippen LogP contribution in [0.1, 0.15) is 5.76 Å². The van der Waals surface area contributed by atoms with E-state index < -0.39 is 0 Å². The van der Waals surface area contributed by atoms with Crippen LogP contribution in [0.2, 0.25) is 0 Å². The van der Waals surface area contributed by atoms with E-state index in [1.807, 2.05) is 12.1 Å². The van der Waals surface area contributed by atoms with E-state index in [4.69, 9.17) is 10.2 Å². The van der Waals surface area contributed by atoms with Gasteiger partial charge in [0.1, 0.15) is 5.76 Å². The van der Waals surface area contributed by atoms with Gasteiger partial charge in [0.25, 0.3) is 0 Å². The highest BCUT2D eigenvalue weighted by atomic mass is 16.3. The molecule has 0 unspecified atom stereocenters. The Labute approximate surface area is 92.1 Å². The summed E-state index contributed by atoms with van der Waals surface area (Å²) < 4.78 is 5.16. The zero-order valence-electron chi connectivity index (χ0n) is 8.77. The second-order valence-electron chi connectivity index (χ2n) is 3.02. The van der Waals surface area contributed by atoms with Crippen molar-refractivity contribution < 1.29 is 4.42 Å². The molecule has 0 fully saturated rings. The van der Waals surface area contributed by atoms with E-state index in [2.05, 4.69) is 25.6 Å². The van der Waals surface area contributed by atoms with Crippen molar-refractivity contribution >= 4 is 17.8 Å². The van der Waals surface area contributed by atoms with E-state index in [9.17, 15) is 0 Å². The third-order valence-electron chi connectivity index (χ3n) is 1.88. The number of nitrogens with one attached hydrogen (secondary N) is 2. The van der Waals surface area contributed by atoms with Crippen LogP contribution in [-0.4, -0.2) is 22.0 Å². The van der Waals surface area contributed by atoms with Gasteiger partial charge in [-0.2, -0.15) is 15.0 Å². The van der Waals surface area contributed by atoms with Gasteiger partial charge in [0.15, 0.2) is 0 Å². The molecule has 0 saturated heterocycles. The molecule has 2 rings (SSSR count). The maximum Gasteiger partial charge on any atom is 0.229 e. The topological polar surface area (TPSA) is 102 Å². The smallest absolute Gasteiger partial charge is 0.229 e. The average Bonchev–Trinajstić information content (AvgIpc) is 2.78. The molecular formula is C9H12N6O. The second kappa shape index (κ2) is 4.47. The molecule has 0 amide bonds. The molecular weight excluding hydrogens is 208 g/mol. The van der Waals surface area contributed by atoms with Crippen molar-refractivity contribution in [3.05, 3.63) is 24.2 Å². The minimum Gasteiger partial charge on any atom is -0.467 e. The number of hydrogen-bond acceptors (Lipinski definition) is 7. The fourth-order valence-electron chi connectivity index (χ4n) is 1.16. The number of nitrogens with zero attached hydrogens (tertiary/aromatic N) is 3. The van der Waals surface area contributed by atoms with E-state index >= 15 is 0 Å². The Balaban J connectivity index is 2.06. The molecule has 2 aromatic rings. The molecule has 7 nitrogen and oxygen atoms in total. The van der Waals surface area contributed by atoms with E-state index in [1.54, 1.807) is 13.3 Å². The molecule has 0 radical (unpaired) electrons. The van der Waals surface area contributed by atoms with Gasteiger partial charge in [0, 0.05) is 7.05 Å². The van der Waals surface area contributed by atoms with Gasteiger partial charge in [-0.05, 0) is 12.1 Å². The molecule has 84 valence electrons. The Morgan fingerprint density at radius 1 is 1.31 bits per heavy atom. The van der Waals surface area contributed by atoms with Crippen LogP contribution in [0, 0.1) is 0 Å². The third-order valence-corrected chi connectivity index (χ3v) is 1.88. The molecule has 0 saturated carbocycles. The monoisotopic (exact) mass is 220 g/mol. The number of nitrogen functional groups attached to an aromatic ring is 1. The van der Waals surface area contributed by atoms with Crippen LogP contribution in [-0.2, 0) is 6.54 Å². The highest BCUT2D eigenvalue weighted by Crippen LogP contribution is 2.08. The Bertz CT molecular complexity index is 455. The van der Waals surface area contributed by atoms with Gasteiger partial charge in [-0.15, -0.1) is 0 Å². The lowest BCUT2D eigenvalue weighted by Crippen LogP contribution is -2.09. The quantitative estimate of drug-likeness (QED) is 0.697. The predicted molar refractivity (Wildman–Crippen MR) is 59.8 cm³/mol. The minimum atomic E-state index is 0.168. The molecule has 0 spiro atoms. The molecule has 0 aliphatic rings. The summed E-state index contributed by atoms with van der Waals surface area (Å²) in [6.07, 6.45) is 1.61. The van der Waals surface area contributed by atoms with Crippen molar-refractivity contribution in [2.75, 3.05) is 23.4 Å². The lowest BCUT2D eigenvalue weighted by atomic mass is 10.4. The second-order valence-corrected chi connectivity index (χ2v) is 3.02. The molecule has 0 atom stereocenters. The fourth-order valence-corrected chi connectivity index (χ4v) is 1.16. The molecule has 0 aromatic carbocycles. The lowest BCUT2D eigenvalue weighted by Gasteiger charge is -2.05. The van der Waals surface area contributed by atoms with Crippen molar-refractivity contribution in [2.24, 2.45) is 0 Å². The average molecular weight is 220 g/mol. The molecule has 7 heteroatoms. The Morgan fingerprint density at radius 2 is 2.12 bits per heavy atom. The van der Waals surface area contributed by atoms with Gasteiger partial charge >= 0.3 is 0 Å². The minimum absolute atomic E-state index is 0.168. The summed E-state index contributed by atoms with van der Waals surface area (Å²) in [4.78, 5) is 11.9. The largest absolute Gasteiger partial charge is 0.467 e. The standard InChI is InChI=1S/C9H12N6O/c1-11-8-13-7(10)14-9(15-8)12-5-6-3-2-4-16-6/h2-4H,5H2,1H3,(H4,10,11,12,13,14,15). The maximum absolute atomic E-state index is 5.52. The lowest BCUT2D eigenvalue weighted by molar-refractivity contribution is 0.517. The molecule has 0 aliphatic heterocycles. The van der Waals surface area contributed by atoms with Crippen LogP contribution in [0.25, 0.3) is 0 Å².